The highest BCUT2D eigenvalue weighted by Crippen LogP contribution is 2.45. The van der Waals surface area contributed by atoms with Crippen LogP contribution >= 0.6 is 0 Å². The Bertz CT molecular complexity index is 560. The molecular weight excluding hydrogens is 268 g/mol. The van der Waals surface area contributed by atoms with Crippen LogP contribution in [0.3, 0.4) is 0 Å². The van der Waals surface area contributed by atoms with E-state index in [1.54, 1.807) is 10.9 Å². The van der Waals surface area contributed by atoms with Gasteiger partial charge in [0.05, 0.1) is 23.5 Å². The number of amides is 1. The van der Waals surface area contributed by atoms with Gasteiger partial charge < -0.3 is 10.0 Å². The number of carbonyl (C=O) groups excluding carboxylic acids is 1. The van der Waals surface area contributed by atoms with Crippen LogP contribution in [-0.2, 0) is 11.8 Å². The maximum absolute atomic E-state index is 12.7. The van der Waals surface area contributed by atoms with E-state index < -0.39 is 5.60 Å². The number of anilines is 1. The maximum Gasteiger partial charge on any atom is 0.244 e. The Hall–Kier alpha value is -1.40. The standard InChI is InChI=1S/C15H22N4O2/c1-17-8-12(7-16-17)19-6-2-3-13(14(19)20)18-9-15(21,10-18)11-4-5-11/h7-8,11,13,21H,2-6,9-10H2,1H3. The Morgan fingerprint density at radius 1 is 1.33 bits per heavy atom. The molecule has 1 aromatic heterocycles. The summed E-state index contributed by atoms with van der Waals surface area (Å²) in [4.78, 5) is 16.7. The lowest BCUT2D eigenvalue weighted by molar-refractivity contribution is -0.149. The molecule has 21 heavy (non-hydrogen) atoms. The molecule has 3 fully saturated rings. The quantitative estimate of drug-likeness (QED) is 0.874. The predicted molar refractivity (Wildman–Crippen MR) is 77.8 cm³/mol. The number of piperidine rings is 1. The molecular formula is C15H22N4O2. The summed E-state index contributed by atoms with van der Waals surface area (Å²) in [6, 6.07) is -0.0713. The molecule has 1 amide bonds. The van der Waals surface area contributed by atoms with Gasteiger partial charge in [0, 0.05) is 32.9 Å². The van der Waals surface area contributed by atoms with Crippen LogP contribution in [0.5, 0.6) is 0 Å². The van der Waals surface area contributed by atoms with Crippen molar-refractivity contribution in [3.63, 3.8) is 0 Å². The van der Waals surface area contributed by atoms with Crippen LogP contribution in [0.4, 0.5) is 5.69 Å². The van der Waals surface area contributed by atoms with Gasteiger partial charge >= 0.3 is 0 Å². The Kier molecular flexibility index (Phi) is 2.87. The molecule has 6 nitrogen and oxygen atoms in total. The molecule has 1 atom stereocenters. The molecule has 1 unspecified atom stereocenters. The van der Waals surface area contributed by atoms with Crippen molar-refractivity contribution >= 4 is 11.6 Å². The van der Waals surface area contributed by atoms with Gasteiger partial charge in [-0.15, -0.1) is 0 Å². The van der Waals surface area contributed by atoms with E-state index in [0.29, 0.717) is 19.0 Å². The summed E-state index contributed by atoms with van der Waals surface area (Å²) >= 11 is 0. The van der Waals surface area contributed by atoms with Gasteiger partial charge in [0.25, 0.3) is 0 Å². The Balaban J connectivity index is 1.45. The fourth-order valence-corrected chi connectivity index (χ4v) is 3.76. The van der Waals surface area contributed by atoms with Crippen LogP contribution in [0, 0.1) is 5.92 Å². The van der Waals surface area contributed by atoms with E-state index in [0.717, 1.165) is 37.9 Å². The van der Waals surface area contributed by atoms with Crippen molar-refractivity contribution in [1.29, 1.82) is 0 Å². The zero-order valence-electron chi connectivity index (χ0n) is 12.4. The zero-order valence-corrected chi connectivity index (χ0v) is 12.4. The molecule has 1 aliphatic carbocycles. The molecule has 3 aliphatic rings. The molecule has 1 saturated carbocycles. The number of hydrogen-bond acceptors (Lipinski definition) is 4. The number of nitrogens with zero attached hydrogens (tertiary/aromatic N) is 4. The molecule has 0 bridgehead atoms. The normalized spacial score (nSPS) is 29.5. The highest BCUT2D eigenvalue weighted by Gasteiger charge is 2.54. The minimum atomic E-state index is -0.517. The summed E-state index contributed by atoms with van der Waals surface area (Å²) in [5.74, 6) is 0.633. The number of aliphatic hydroxyl groups is 1. The fourth-order valence-electron chi connectivity index (χ4n) is 3.76. The lowest BCUT2D eigenvalue weighted by Gasteiger charge is -2.51. The number of rotatable bonds is 3. The van der Waals surface area contributed by atoms with Gasteiger partial charge in [-0.2, -0.15) is 5.10 Å². The third-order valence-electron chi connectivity index (χ3n) is 5.15. The van der Waals surface area contributed by atoms with Crippen molar-refractivity contribution in [2.45, 2.75) is 37.3 Å². The van der Waals surface area contributed by atoms with Crippen LogP contribution in [0.1, 0.15) is 25.7 Å². The fraction of sp³-hybridized carbons (Fsp3) is 0.733. The predicted octanol–water partition coefficient (Wildman–Crippen LogP) is 0.372. The second-order valence-corrected chi connectivity index (χ2v) is 6.80. The van der Waals surface area contributed by atoms with Crippen molar-refractivity contribution in [2.24, 2.45) is 13.0 Å². The number of carbonyl (C=O) groups is 1. The first kappa shape index (κ1) is 13.3. The van der Waals surface area contributed by atoms with Crippen molar-refractivity contribution < 1.29 is 9.90 Å². The molecule has 0 spiro atoms. The summed E-state index contributed by atoms with van der Waals surface area (Å²) in [7, 11) is 1.86. The first-order valence-corrected chi connectivity index (χ1v) is 7.83. The average Bonchev–Trinajstić information content (AvgIpc) is 3.19. The van der Waals surface area contributed by atoms with Gasteiger partial charge in [-0.3, -0.25) is 14.4 Å². The SMILES string of the molecule is Cn1cc(N2CCCC(N3CC(O)(C4CC4)C3)C2=O)cn1. The van der Waals surface area contributed by atoms with Gasteiger partial charge in [-0.25, -0.2) is 0 Å². The highest BCUT2D eigenvalue weighted by atomic mass is 16.3. The van der Waals surface area contributed by atoms with E-state index in [1.165, 1.54) is 0 Å². The van der Waals surface area contributed by atoms with E-state index in [1.807, 2.05) is 18.1 Å². The van der Waals surface area contributed by atoms with E-state index in [9.17, 15) is 9.90 Å². The smallest absolute Gasteiger partial charge is 0.244 e. The summed E-state index contributed by atoms with van der Waals surface area (Å²) in [5.41, 5.74) is 0.363. The van der Waals surface area contributed by atoms with Crippen LogP contribution in [0.15, 0.2) is 12.4 Å². The van der Waals surface area contributed by atoms with Crippen molar-refractivity contribution in [1.82, 2.24) is 14.7 Å². The summed E-state index contributed by atoms with van der Waals surface area (Å²) in [6.45, 7) is 2.09. The van der Waals surface area contributed by atoms with Crippen molar-refractivity contribution in [3.05, 3.63) is 12.4 Å². The minimum Gasteiger partial charge on any atom is -0.387 e. The Morgan fingerprint density at radius 2 is 2.10 bits per heavy atom. The molecule has 0 radical (unpaired) electrons. The molecule has 0 aromatic carbocycles. The summed E-state index contributed by atoms with van der Waals surface area (Å²) < 4.78 is 1.72. The molecule has 2 saturated heterocycles. The van der Waals surface area contributed by atoms with Gasteiger partial charge in [-0.1, -0.05) is 0 Å². The molecule has 6 heteroatoms. The lowest BCUT2D eigenvalue weighted by atomic mass is 9.85. The van der Waals surface area contributed by atoms with E-state index in [-0.39, 0.29) is 11.9 Å². The van der Waals surface area contributed by atoms with E-state index in [2.05, 4.69) is 10.00 Å². The number of aryl methyl sites for hydroxylation is 1. The molecule has 1 aromatic rings. The Morgan fingerprint density at radius 3 is 2.71 bits per heavy atom. The first-order valence-electron chi connectivity index (χ1n) is 7.83. The molecule has 2 aliphatic heterocycles. The van der Waals surface area contributed by atoms with Crippen LogP contribution in [-0.4, -0.2) is 57.0 Å². The van der Waals surface area contributed by atoms with Crippen LogP contribution in [0.25, 0.3) is 0 Å². The second kappa shape index (κ2) is 4.55. The largest absolute Gasteiger partial charge is 0.387 e. The van der Waals surface area contributed by atoms with Gasteiger partial charge in [0.1, 0.15) is 0 Å². The second-order valence-electron chi connectivity index (χ2n) is 6.80. The topological polar surface area (TPSA) is 61.6 Å². The molecule has 114 valence electrons. The number of aromatic nitrogens is 2. The number of hydrogen-bond donors (Lipinski definition) is 1. The van der Waals surface area contributed by atoms with Gasteiger partial charge in [-0.05, 0) is 31.6 Å². The molecule has 4 rings (SSSR count). The van der Waals surface area contributed by atoms with Crippen LogP contribution < -0.4 is 4.90 Å². The third-order valence-corrected chi connectivity index (χ3v) is 5.15. The molecule has 1 N–H and O–H groups in total. The van der Waals surface area contributed by atoms with E-state index >= 15 is 0 Å². The summed E-state index contributed by atoms with van der Waals surface area (Å²) in [6.07, 6.45) is 7.82. The molecule has 3 heterocycles. The maximum atomic E-state index is 12.7. The van der Waals surface area contributed by atoms with Crippen molar-refractivity contribution in [3.8, 4) is 0 Å². The monoisotopic (exact) mass is 290 g/mol. The highest BCUT2D eigenvalue weighted by molar-refractivity contribution is 5.97. The lowest BCUT2D eigenvalue weighted by Crippen LogP contribution is -2.69. The number of likely N-dealkylation sites (tertiary alicyclic amines) is 1. The third kappa shape index (κ3) is 2.17. The van der Waals surface area contributed by atoms with Gasteiger partial charge in [0.2, 0.25) is 5.91 Å². The minimum absolute atomic E-state index is 0.0713. The van der Waals surface area contributed by atoms with E-state index in [4.69, 9.17) is 0 Å². The Labute approximate surface area is 124 Å². The van der Waals surface area contributed by atoms with Gasteiger partial charge in [0.15, 0.2) is 0 Å². The average molecular weight is 290 g/mol. The first-order chi connectivity index (χ1) is 10.1. The summed E-state index contributed by atoms with van der Waals surface area (Å²) in [5, 5.41) is 14.6. The van der Waals surface area contributed by atoms with Crippen LogP contribution in [0.2, 0.25) is 0 Å². The zero-order chi connectivity index (χ0) is 14.6. The van der Waals surface area contributed by atoms with Crippen molar-refractivity contribution in [2.75, 3.05) is 24.5 Å². The number of β-amino-alcohol motifs (C(OH)–C–C–N with tert-alkyl or cyclic N) is 1.